The van der Waals surface area contributed by atoms with Crippen LogP contribution in [-0.4, -0.2) is 52.2 Å². The SMILES string of the molecule is CSc1nc(CN2CCCN(Cc3cccc(C)n3)CC2)ccc1C#N. The molecule has 0 atom stereocenters. The predicted molar refractivity (Wildman–Crippen MR) is 105 cm³/mol. The summed E-state index contributed by atoms with van der Waals surface area (Å²) < 4.78 is 0. The molecule has 6 heteroatoms. The number of nitriles is 1. The molecule has 0 N–H and O–H groups in total. The molecule has 0 amide bonds. The van der Waals surface area contributed by atoms with E-state index < -0.39 is 0 Å². The topological polar surface area (TPSA) is 56.1 Å². The van der Waals surface area contributed by atoms with Gasteiger partial charge in [-0.05, 0) is 57.0 Å². The lowest BCUT2D eigenvalue weighted by atomic mass is 10.2. The number of nitrogens with zero attached hydrogens (tertiary/aromatic N) is 5. The summed E-state index contributed by atoms with van der Waals surface area (Å²) in [6.07, 6.45) is 3.12. The summed E-state index contributed by atoms with van der Waals surface area (Å²) >= 11 is 1.54. The van der Waals surface area contributed by atoms with Gasteiger partial charge in [0.05, 0.1) is 17.0 Å². The molecule has 1 saturated heterocycles. The van der Waals surface area contributed by atoms with Crippen LogP contribution in [0.15, 0.2) is 35.4 Å². The average Bonchev–Trinajstić information content (AvgIpc) is 2.87. The highest BCUT2D eigenvalue weighted by Crippen LogP contribution is 2.19. The molecule has 0 spiro atoms. The Hall–Kier alpha value is -1.94. The fourth-order valence-electron chi connectivity index (χ4n) is 3.29. The third kappa shape index (κ3) is 5.04. The van der Waals surface area contributed by atoms with E-state index in [1.807, 2.05) is 31.4 Å². The van der Waals surface area contributed by atoms with Gasteiger partial charge in [0.1, 0.15) is 11.1 Å². The third-order valence-electron chi connectivity index (χ3n) is 4.63. The molecular weight excluding hydrogens is 342 g/mol. The van der Waals surface area contributed by atoms with Gasteiger partial charge in [0.25, 0.3) is 0 Å². The van der Waals surface area contributed by atoms with Crippen LogP contribution in [0, 0.1) is 18.3 Å². The first kappa shape index (κ1) is 18.8. The van der Waals surface area contributed by atoms with E-state index in [0.29, 0.717) is 5.56 Å². The molecule has 3 heterocycles. The van der Waals surface area contributed by atoms with Gasteiger partial charge in [0, 0.05) is 31.9 Å². The van der Waals surface area contributed by atoms with Crippen molar-refractivity contribution in [2.75, 3.05) is 32.4 Å². The van der Waals surface area contributed by atoms with E-state index in [0.717, 1.165) is 67.8 Å². The minimum absolute atomic E-state index is 0.661. The molecule has 0 aliphatic carbocycles. The monoisotopic (exact) mass is 367 g/mol. The summed E-state index contributed by atoms with van der Waals surface area (Å²) in [4.78, 5) is 14.2. The molecule has 0 unspecified atom stereocenters. The van der Waals surface area contributed by atoms with Gasteiger partial charge < -0.3 is 0 Å². The van der Waals surface area contributed by atoms with Crippen LogP contribution in [0.3, 0.4) is 0 Å². The number of aryl methyl sites for hydroxylation is 1. The molecule has 0 radical (unpaired) electrons. The van der Waals surface area contributed by atoms with E-state index in [1.54, 1.807) is 0 Å². The number of rotatable bonds is 5. The number of aromatic nitrogens is 2. The van der Waals surface area contributed by atoms with Crippen LogP contribution in [0.25, 0.3) is 0 Å². The van der Waals surface area contributed by atoms with Crippen molar-refractivity contribution in [3.63, 3.8) is 0 Å². The van der Waals surface area contributed by atoms with E-state index in [2.05, 4.69) is 38.0 Å². The van der Waals surface area contributed by atoms with Crippen molar-refractivity contribution in [3.8, 4) is 6.07 Å². The molecule has 1 fully saturated rings. The van der Waals surface area contributed by atoms with Gasteiger partial charge in [-0.25, -0.2) is 4.98 Å². The zero-order valence-electron chi connectivity index (χ0n) is 15.5. The van der Waals surface area contributed by atoms with E-state index in [1.165, 1.54) is 11.8 Å². The summed E-state index contributed by atoms with van der Waals surface area (Å²) in [5.74, 6) is 0. The first-order valence-electron chi connectivity index (χ1n) is 8.99. The largest absolute Gasteiger partial charge is 0.296 e. The van der Waals surface area contributed by atoms with Gasteiger partial charge in [-0.3, -0.25) is 14.8 Å². The zero-order chi connectivity index (χ0) is 18.4. The average molecular weight is 368 g/mol. The van der Waals surface area contributed by atoms with Gasteiger partial charge in [-0.2, -0.15) is 5.26 Å². The molecule has 2 aromatic rings. The summed E-state index contributed by atoms with van der Waals surface area (Å²) in [6.45, 7) is 8.05. The Morgan fingerprint density at radius 3 is 2.31 bits per heavy atom. The maximum Gasteiger partial charge on any atom is 0.114 e. The molecule has 0 aromatic carbocycles. The summed E-state index contributed by atoms with van der Waals surface area (Å²) in [6, 6.07) is 12.3. The van der Waals surface area contributed by atoms with Crippen LogP contribution < -0.4 is 0 Å². The second kappa shape index (κ2) is 9.13. The van der Waals surface area contributed by atoms with Crippen LogP contribution in [0.1, 0.15) is 29.1 Å². The van der Waals surface area contributed by atoms with Gasteiger partial charge in [0.15, 0.2) is 0 Å². The Kier molecular flexibility index (Phi) is 6.62. The molecule has 2 aromatic heterocycles. The first-order valence-corrected chi connectivity index (χ1v) is 10.2. The summed E-state index contributed by atoms with van der Waals surface area (Å²) in [5, 5.41) is 9.97. The van der Waals surface area contributed by atoms with Crippen LogP contribution in [0.2, 0.25) is 0 Å². The van der Waals surface area contributed by atoms with Gasteiger partial charge >= 0.3 is 0 Å². The fourth-order valence-corrected chi connectivity index (χ4v) is 3.84. The summed E-state index contributed by atoms with van der Waals surface area (Å²) in [5.41, 5.74) is 3.93. The Morgan fingerprint density at radius 1 is 1.00 bits per heavy atom. The maximum atomic E-state index is 9.14. The Balaban J connectivity index is 1.58. The molecular formula is C20H25N5S. The highest BCUT2D eigenvalue weighted by Gasteiger charge is 2.16. The molecule has 3 rings (SSSR count). The third-order valence-corrected chi connectivity index (χ3v) is 5.33. The molecule has 0 saturated carbocycles. The zero-order valence-corrected chi connectivity index (χ0v) is 16.3. The van der Waals surface area contributed by atoms with Crippen molar-refractivity contribution in [2.45, 2.75) is 31.5 Å². The number of thioether (sulfide) groups is 1. The molecule has 5 nitrogen and oxygen atoms in total. The van der Waals surface area contributed by atoms with Crippen molar-refractivity contribution in [1.29, 1.82) is 5.26 Å². The quantitative estimate of drug-likeness (QED) is 0.757. The van der Waals surface area contributed by atoms with Gasteiger partial charge in [-0.15, -0.1) is 11.8 Å². The molecule has 26 heavy (non-hydrogen) atoms. The van der Waals surface area contributed by atoms with Crippen molar-refractivity contribution in [1.82, 2.24) is 19.8 Å². The summed E-state index contributed by atoms with van der Waals surface area (Å²) in [7, 11) is 0. The highest BCUT2D eigenvalue weighted by atomic mass is 32.2. The predicted octanol–water partition coefficient (Wildman–Crippen LogP) is 3.09. The van der Waals surface area contributed by atoms with Crippen LogP contribution in [-0.2, 0) is 13.1 Å². The van der Waals surface area contributed by atoms with Gasteiger partial charge in [0.2, 0.25) is 0 Å². The van der Waals surface area contributed by atoms with Crippen LogP contribution in [0.5, 0.6) is 0 Å². The Morgan fingerprint density at radius 2 is 1.69 bits per heavy atom. The van der Waals surface area contributed by atoms with Crippen LogP contribution in [0.4, 0.5) is 0 Å². The molecule has 136 valence electrons. The molecule has 0 bridgehead atoms. The first-order chi connectivity index (χ1) is 12.7. The van der Waals surface area contributed by atoms with Gasteiger partial charge in [-0.1, -0.05) is 6.07 Å². The van der Waals surface area contributed by atoms with E-state index in [4.69, 9.17) is 5.26 Å². The van der Waals surface area contributed by atoms with Crippen LogP contribution >= 0.6 is 11.8 Å². The number of hydrogen-bond donors (Lipinski definition) is 0. The number of hydrogen-bond acceptors (Lipinski definition) is 6. The van der Waals surface area contributed by atoms with E-state index in [-0.39, 0.29) is 0 Å². The second-order valence-electron chi connectivity index (χ2n) is 6.65. The van der Waals surface area contributed by atoms with Crippen molar-refractivity contribution in [2.24, 2.45) is 0 Å². The molecule has 1 aliphatic rings. The second-order valence-corrected chi connectivity index (χ2v) is 7.44. The van der Waals surface area contributed by atoms with Crippen molar-refractivity contribution >= 4 is 11.8 Å². The van der Waals surface area contributed by atoms with Crippen molar-refractivity contribution < 1.29 is 0 Å². The minimum atomic E-state index is 0.661. The standard InChI is InChI=1S/C20H25N5S/c1-16-5-3-6-18(22-16)14-24-9-4-10-25(12-11-24)15-19-8-7-17(13-21)20(23-19)26-2/h3,5-8H,4,9-12,14-15H2,1-2H3. The Bertz CT molecular complexity index is 786. The maximum absolute atomic E-state index is 9.14. The van der Waals surface area contributed by atoms with E-state index >= 15 is 0 Å². The minimum Gasteiger partial charge on any atom is -0.296 e. The lowest BCUT2D eigenvalue weighted by molar-refractivity contribution is 0.244. The highest BCUT2D eigenvalue weighted by molar-refractivity contribution is 7.98. The lowest BCUT2D eigenvalue weighted by Gasteiger charge is -2.21. The Labute approximate surface area is 160 Å². The lowest BCUT2D eigenvalue weighted by Crippen LogP contribution is -2.30. The number of pyridine rings is 2. The fraction of sp³-hybridized carbons (Fsp3) is 0.450. The van der Waals surface area contributed by atoms with Crippen molar-refractivity contribution in [3.05, 3.63) is 53.0 Å². The molecule has 1 aliphatic heterocycles. The normalized spacial score (nSPS) is 16.2. The van der Waals surface area contributed by atoms with E-state index in [9.17, 15) is 0 Å². The smallest absolute Gasteiger partial charge is 0.114 e.